The van der Waals surface area contributed by atoms with Gasteiger partial charge in [-0.3, -0.25) is 9.36 Å². The van der Waals surface area contributed by atoms with Crippen molar-refractivity contribution in [2.45, 2.75) is 13.0 Å². The lowest BCUT2D eigenvalue weighted by Crippen LogP contribution is -2.28. The van der Waals surface area contributed by atoms with Gasteiger partial charge in [0.05, 0.1) is 45.5 Å². The van der Waals surface area contributed by atoms with Gasteiger partial charge in [0.15, 0.2) is 0 Å². The van der Waals surface area contributed by atoms with Gasteiger partial charge >= 0.3 is 0 Å². The molecular formula is C22H15ClN8O. The van der Waals surface area contributed by atoms with Gasteiger partial charge in [0.2, 0.25) is 5.95 Å². The Bertz CT molecular complexity index is 1500. The number of nitriles is 2. The van der Waals surface area contributed by atoms with Gasteiger partial charge in [0.25, 0.3) is 5.56 Å². The highest BCUT2D eigenvalue weighted by atomic mass is 35.5. The van der Waals surface area contributed by atoms with E-state index in [1.54, 1.807) is 49.4 Å². The fourth-order valence-corrected chi connectivity index (χ4v) is 3.57. The van der Waals surface area contributed by atoms with Crippen molar-refractivity contribution in [1.82, 2.24) is 19.5 Å². The van der Waals surface area contributed by atoms with E-state index in [-0.39, 0.29) is 33.3 Å². The quantitative estimate of drug-likeness (QED) is 0.489. The van der Waals surface area contributed by atoms with E-state index in [1.165, 1.54) is 10.8 Å². The number of nitrogens with one attached hydrogen (secondary N) is 1. The zero-order valence-corrected chi connectivity index (χ0v) is 17.5. The summed E-state index contributed by atoms with van der Waals surface area (Å²) >= 11 is 6.31. The van der Waals surface area contributed by atoms with Gasteiger partial charge in [-0.15, -0.1) is 0 Å². The number of aromatic nitrogens is 4. The molecule has 0 bridgehead atoms. The Morgan fingerprint density at radius 2 is 1.94 bits per heavy atom. The SMILES string of the molecule is C[C@@H](Nc1nc(N)ncc1C#N)c1nc2cccc(Cl)c2c(=O)n1-c1cccc(C#N)c1. The topological polar surface area (TPSA) is 146 Å². The van der Waals surface area contributed by atoms with Crippen LogP contribution < -0.4 is 16.6 Å². The van der Waals surface area contributed by atoms with Gasteiger partial charge in [-0.05, 0) is 37.3 Å². The maximum Gasteiger partial charge on any atom is 0.267 e. The zero-order valence-electron chi connectivity index (χ0n) is 16.7. The highest BCUT2D eigenvalue weighted by Crippen LogP contribution is 2.25. The molecular weight excluding hydrogens is 428 g/mol. The van der Waals surface area contributed by atoms with Crippen LogP contribution in [0.3, 0.4) is 0 Å². The smallest absolute Gasteiger partial charge is 0.267 e. The molecule has 0 unspecified atom stereocenters. The van der Waals surface area contributed by atoms with Gasteiger partial charge in [0, 0.05) is 0 Å². The van der Waals surface area contributed by atoms with Gasteiger partial charge < -0.3 is 11.1 Å². The molecule has 0 saturated heterocycles. The third kappa shape index (κ3) is 3.69. The predicted molar refractivity (Wildman–Crippen MR) is 120 cm³/mol. The number of nitrogens with two attached hydrogens (primary N) is 1. The standard InChI is InChI=1S/C22H15ClN8O/c1-12(28-19-14(10-25)11-27-22(26)30-19)20-29-17-7-3-6-16(23)18(17)21(32)31(20)15-5-2-4-13(8-15)9-24/h2-8,11-12H,1H3,(H3,26,27,28,30)/t12-/m1/s1. The molecule has 32 heavy (non-hydrogen) atoms. The van der Waals surface area contributed by atoms with Crippen molar-refractivity contribution in [1.29, 1.82) is 10.5 Å². The van der Waals surface area contributed by atoms with Crippen molar-refractivity contribution in [2.24, 2.45) is 0 Å². The first-order chi connectivity index (χ1) is 15.4. The molecule has 2 aromatic carbocycles. The molecule has 2 heterocycles. The van der Waals surface area contributed by atoms with Crippen LogP contribution in [0.5, 0.6) is 0 Å². The van der Waals surface area contributed by atoms with E-state index in [9.17, 15) is 15.3 Å². The summed E-state index contributed by atoms with van der Waals surface area (Å²) in [6.45, 7) is 1.77. The van der Waals surface area contributed by atoms with Crippen LogP contribution in [0.4, 0.5) is 11.8 Å². The summed E-state index contributed by atoms with van der Waals surface area (Å²) in [7, 11) is 0. The molecule has 1 atom stereocenters. The minimum Gasteiger partial charge on any atom is -0.368 e. The first-order valence-electron chi connectivity index (χ1n) is 9.43. The van der Waals surface area contributed by atoms with Gasteiger partial charge in [0.1, 0.15) is 23.3 Å². The predicted octanol–water partition coefficient (Wildman–Crippen LogP) is 3.33. The maximum atomic E-state index is 13.5. The van der Waals surface area contributed by atoms with Crippen molar-refractivity contribution in [3.05, 3.63) is 81.0 Å². The molecule has 10 heteroatoms. The summed E-state index contributed by atoms with van der Waals surface area (Å²) < 4.78 is 1.39. The Labute approximate surface area is 187 Å². The van der Waals surface area contributed by atoms with E-state index in [0.717, 1.165) is 0 Å². The van der Waals surface area contributed by atoms with Gasteiger partial charge in [-0.25, -0.2) is 9.97 Å². The van der Waals surface area contributed by atoms with Gasteiger partial charge in [-0.1, -0.05) is 23.7 Å². The molecule has 0 spiro atoms. The number of hydrogen-bond donors (Lipinski definition) is 2. The molecule has 156 valence electrons. The molecule has 4 rings (SSSR count). The van der Waals surface area contributed by atoms with E-state index >= 15 is 0 Å². The van der Waals surface area contributed by atoms with Gasteiger partial charge in [-0.2, -0.15) is 15.5 Å². The van der Waals surface area contributed by atoms with Crippen LogP contribution >= 0.6 is 11.6 Å². The molecule has 2 aromatic heterocycles. The van der Waals surface area contributed by atoms with Crippen molar-refractivity contribution >= 4 is 34.3 Å². The molecule has 0 amide bonds. The average Bonchev–Trinajstić information content (AvgIpc) is 2.79. The van der Waals surface area contributed by atoms with Crippen LogP contribution in [0.1, 0.15) is 29.9 Å². The van der Waals surface area contributed by atoms with Crippen LogP contribution in [0.25, 0.3) is 16.6 Å². The molecule has 4 aromatic rings. The minimum absolute atomic E-state index is 0.00364. The van der Waals surface area contributed by atoms with Crippen molar-refractivity contribution in [2.75, 3.05) is 11.1 Å². The number of rotatable bonds is 4. The normalized spacial score (nSPS) is 11.5. The molecule has 0 aliphatic rings. The molecule has 0 radical (unpaired) electrons. The lowest BCUT2D eigenvalue weighted by molar-refractivity contribution is 0.730. The minimum atomic E-state index is -0.585. The Morgan fingerprint density at radius 3 is 2.69 bits per heavy atom. The monoisotopic (exact) mass is 442 g/mol. The fourth-order valence-electron chi connectivity index (χ4n) is 3.32. The Hall–Kier alpha value is -4.47. The Balaban J connectivity index is 1.96. The summed E-state index contributed by atoms with van der Waals surface area (Å²) in [5, 5.41) is 22.3. The van der Waals surface area contributed by atoms with Crippen LogP contribution in [0, 0.1) is 22.7 Å². The number of fused-ring (bicyclic) bond motifs is 1. The summed E-state index contributed by atoms with van der Waals surface area (Å²) in [6, 6.07) is 15.1. The number of hydrogen-bond acceptors (Lipinski definition) is 8. The second-order valence-electron chi connectivity index (χ2n) is 6.87. The Kier molecular flexibility index (Phi) is 5.42. The largest absolute Gasteiger partial charge is 0.368 e. The summed E-state index contributed by atoms with van der Waals surface area (Å²) in [4.78, 5) is 26.1. The number of halogens is 1. The molecule has 0 aliphatic carbocycles. The number of nitrogens with zero attached hydrogens (tertiary/aromatic N) is 6. The van der Waals surface area contributed by atoms with Crippen LogP contribution in [0.2, 0.25) is 5.02 Å². The highest BCUT2D eigenvalue weighted by molar-refractivity contribution is 6.35. The van der Waals surface area contributed by atoms with E-state index < -0.39 is 6.04 Å². The molecule has 9 nitrogen and oxygen atoms in total. The van der Waals surface area contributed by atoms with Crippen LogP contribution in [-0.2, 0) is 0 Å². The lowest BCUT2D eigenvalue weighted by Gasteiger charge is -2.20. The third-order valence-electron chi connectivity index (χ3n) is 4.77. The van der Waals surface area contributed by atoms with Crippen molar-refractivity contribution in [3.63, 3.8) is 0 Å². The van der Waals surface area contributed by atoms with Crippen LogP contribution in [0.15, 0.2) is 53.5 Å². The molecule has 0 fully saturated rings. The molecule has 3 N–H and O–H groups in total. The average molecular weight is 443 g/mol. The summed E-state index contributed by atoms with van der Waals surface area (Å²) in [5.41, 5.74) is 6.74. The van der Waals surface area contributed by atoms with E-state index in [1.807, 2.05) is 6.07 Å². The number of anilines is 2. The first kappa shape index (κ1) is 20.8. The second-order valence-corrected chi connectivity index (χ2v) is 7.28. The number of benzene rings is 2. The van der Waals surface area contributed by atoms with Crippen LogP contribution in [-0.4, -0.2) is 19.5 Å². The van der Waals surface area contributed by atoms with E-state index in [0.29, 0.717) is 22.6 Å². The maximum absolute atomic E-state index is 13.5. The number of nitrogen functional groups attached to an aromatic ring is 1. The fraction of sp³-hybridized carbons (Fsp3) is 0.0909. The molecule has 0 saturated carbocycles. The zero-order chi connectivity index (χ0) is 22.8. The lowest BCUT2D eigenvalue weighted by atomic mass is 10.1. The van der Waals surface area contributed by atoms with Crippen molar-refractivity contribution < 1.29 is 0 Å². The summed E-state index contributed by atoms with van der Waals surface area (Å²) in [5.74, 6) is 0.544. The van der Waals surface area contributed by atoms with Crippen molar-refractivity contribution in [3.8, 4) is 17.8 Å². The first-order valence-corrected chi connectivity index (χ1v) is 9.81. The molecule has 0 aliphatic heterocycles. The Morgan fingerprint density at radius 1 is 1.16 bits per heavy atom. The third-order valence-corrected chi connectivity index (χ3v) is 5.09. The second kappa shape index (κ2) is 8.34. The highest BCUT2D eigenvalue weighted by Gasteiger charge is 2.21. The summed E-state index contributed by atoms with van der Waals surface area (Å²) in [6.07, 6.45) is 1.31. The van der Waals surface area contributed by atoms with E-state index in [2.05, 4.69) is 26.3 Å². The van der Waals surface area contributed by atoms with E-state index in [4.69, 9.17) is 17.3 Å².